The van der Waals surface area contributed by atoms with Gasteiger partial charge in [-0.15, -0.1) is 0 Å². The molecule has 0 aromatic heterocycles. The number of nitrogens with zero attached hydrogens (tertiary/aromatic N) is 3. The van der Waals surface area contributed by atoms with Crippen molar-refractivity contribution in [2.75, 3.05) is 53.4 Å². The van der Waals surface area contributed by atoms with E-state index in [1.807, 2.05) is 11.0 Å². The number of hydrogen-bond donors (Lipinski definition) is 1. The molecule has 2 fully saturated rings. The predicted octanol–water partition coefficient (Wildman–Crippen LogP) is 3.59. The molecule has 1 saturated carbocycles. The van der Waals surface area contributed by atoms with E-state index < -0.39 is 0 Å². The highest BCUT2D eigenvalue weighted by Gasteiger charge is 2.23. The summed E-state index contributed by atoms with van der Waals surface area (Å²) < 4.78 is 0. The molecule has 1 heterocycles. The first-order chi connectivity index (χ1) is 13.6. The van der Waals surface area contributed by atoms with E-state index in [1.165, 1.54) is 44.2 Å². The van der Waals surface area contributed by atoms with Gasteiger partial charge in [0, 0.05) is 32.7 Å². The second kappa shape index (κ2) is 10.8. The molecule has 0 bridgehead atoms. The number of benzene rings is 1. The van der Waals surface area contributed by atoms with Gasteiger partial charge in [0.05, 0.1) is 6.04 Å². The molecule has 3 rings (SSSR count). The lowest BCUT2D eigenvalue weighted by Crippen LogP contribution is -2.44. The molecule has 156 valence electrons. The lowest BCUT2D eigenvalue weighted by Gasteiger charge is -2.29. The molecule has 2 aliphatic rings. The van der Waals surface area contributed by atoms with Crippen LogP contribution >= 0.6 is 0 Å². The zero-order valence-electron chi connectivity index (χ0n) is 17.8. The molecular weight excluding hydrogens is 348 g/mol. The number of amides is 2. The highest BCUT2D eigenvalue weighted by atomic mass is 16.2. The Morgan fingerprint density at radius 3 is 2.50 bits per heavy atom. The van der Waals surface area contributed by atoms with Gasteiger partial charge in [-0.05, 0) is 51.4 Å². The molecule has 1 aliphatic carbocycles. The highest BCUT2D eigenvalue weighted by Crippen LogP contribution is 2.24. The molecular formula is C23H38N4O. The van der Waals surface area contributed by atoms with E-state index in [0.717, 1.165) is 38.5 Å². The Balaban J connectivity index is 1.46. The first kappa shape index (κ1) is 21.1. The summed E-state index contributed by atoms with van der Waals surface area (Å²) in [7, 11) is 4.14. The summed E-state index contributed by atoms with van der Waals surface area (Å²) in [5.41, 5.74) is 1.24. The van der Waals surface area contributed by atoms with Gasteiger partial charge in [-0.1, -0.05) is 49.6 Å². The van der Waals surface area contributed by atoms with Crippen molar-refractivity contribution in [2.24, 2.45) is 5.92 Å². The first-order valence-corrected chi connectivity index (χ1v) is 11.1. The number of carbonyl (C=O) groups is 1. The maximum atomic E-state index is 12.8. The van der Waals surface area contributed by atoms with E-state index in [1.54, 1.807) is 0 Å². The first-order valence-electron chi connectivity index (χ1n) is 11.1. The number of nitrogens with one attached hydrogen (secondary N) is 1. The van der Waals surface area contributed by atoms with Gasteiger partial charge in [-0.2, -0.15) is 0 Å². The largest absolute Gasteiger partial charge is 0.336 e. The Morgan fingerprint density at radius 2 is 1.79 bits per heavy atom. The molecule has 5 nitrogen and oxygen atoms in total. The topological polar surface area (TPSA) is 38.8 Å². The summed E-state index contributed by atoms with van der Waals surface area (Å²) in [5, 5.41) is 3.18. The normalized spacial score (nSPS) is 20.8. The molecule has 1 unspecified atom stereocenters. The molecule has 1 aromatic carbocycles. The summed E-state index contributed by atoms with van der Waals surface area (Å²) in [6, 6.07) is 10.7. The number of hydrogen-bond acceptors (Lipinski definition) is 3. The Kier molecular flexibility index (Phi) is 8.16. The maximum absolute atomic E-state index is 12.8. The molecule has 1 saturated heterocycles. The van der Waals surface area contributed by atoms with Crippen LogP contribution in [0.2, 0.25) is 0 Å². The standard InChI is InChI=1S/C23H38N4O/c1-25(2)22(21-12-7-4-8-13-21)18-24-23(28)27-15-9-14-26(16-17-27)19-20-10-5-3-6-11-20/h4,7-8,12-13,20,22H,3,5-6,9-11,14-19H2,1-2H3,(H,24,28). The average Bonchev–Trinajstić information content (AvgIpc) is 2.95. The number of urea groups is 1. The molecule has 0 spiro atoms. The SMILES string of the molecule is CN(C)C(CNC(=O)N1CCCN(CC2CCCCC2)CC1)c1ccccc1. The molecule has 5 heteroatoms. The second-order valence-corrected chi connectivity index (χ2v) is 8.72. The van der Waals surface area contributed by atoms with Crippen molar-refractivity contribution < 1.29 is 4.79 Å². The minimum Gasteiger partial charge on any atom is -0.336 e. The summed E-state index contributed by atoms with van der Waals surface area (Å²) >= 11 is 0. The fraction of sp³-hybridized carbons (Fsp3) is 0.696. The van der Waals surface area contributed by atoms with Crippen LogP contribution in [0.4, 0.5) is 4.79 Å². The summed E-state index contributed by atoms with van der Waals surface area (Å²) in [6.07, 6.45) is 8.10. The smallest absolute Gasteiger partial charge is 0.317 e. The van der Waals surface area contributed by atoms with Gasteiger partial charge in [0.25, 0.3) is 0 Å². The van der Waals surface area contributed by atoms with Gasteiger partial charge in [0.15, 0.2) is 0 Å². The zero-order valence-corrected chi connectivity index (χ0v) is 17.8. The molecule has 1 N–H and O–H groups in total. The van der Waals surface area contributed by atoms with Crippen molar-refractivity contribution >= 4 is 6.03 Å². The van der Waals surface area contributed by atoms with Crippen molar-refractivity contribution in [3.8, 4) is 0 Å². The molecule has 1 aliphatic heterocycles. The molecule has 1 aromatic rings. The summed E-state index contributed by atoms with van der Waals surface area (Å²) in [5.74, 6) is 0.876. The van der Waals surface area contributed by atoms with Crippen LogP contribution in [0.5, 0.6) is 0 Å². The van der Waals surface area contributed by atoms with Gasteiger partial charge in [-0.3, -0.25) is 0 Å². The fourth-order valence-electron chi connectivity index (χ4n) is 4.66. The molecule has 28 heavy (non-hydrogen) atoms. The lowest BCUT2D eigenvalue weighted by atomic mass is 9.89. The third kappa shape index (κ3) is 6.21. The Labute approximate surface area is 171 Å². The average molecular weight is 387 g/mol. The minimum atomic E-state index is 0.0855. The highest BCUT2D eigenvalue weighted by molar-refractivity contribution is 5.74. The van der Waals surface area contributed by atoms with Crippen molar-refractivity contribution in [1.82, 2.24) is 20.0 Å². The third-order valence-corrected chi connectivity index (χ3v) is 6.37. The van der Waals surface area contributed by atoms with Crippen molar-refractivity contribution in [1.29, 1.82) is 0 Å². The quantitative estimate of drug-likeness (QED) is 0.812. The Bertz CT molecular complexity index is 586. The summed E-state index contributed by atoms with van der Waals surface area (Å²) in [4.78, 5) is 19.6. The van der Waals surface area contributed by atoms with Crippen LogP contribution in [0.1, 0.15) is 50.1 Å². The van der Waals surface area contributed by atoms with Gasteiger partial charge in [0.2, 0.25) is 0 Å². The molecule has 2 amide bonds. The Morgan fingerprint density at radius 1 is 1.04 bits per heavy atom. The minimum absolute atomic E-state index is 0.0855. The van der Waals surface area contributed by atoms with Crippen LogP contribution in [0, 0.1) is 5.92 Å². The van der Waals surface area contributed by atoms with Crippen LogP contribution in [0.15, 0.2) is 30.3 Å². The molecule has 1 atom stereocenters. The lowest BCUT2D eigenvalue weighted by molar-refractivity contribution is 0.186. The molecule has 0 radical (unpaired) electrons. The van der Waals surface area contributed by atoms with E-state index in [2.05, 4.69) is 53.5 Å². The number of likely N-dealkylation sites (N-methyl/N-ethyl adjacent to an activating group) is 1. The Hall–Kier alpha value is -1.59. The van der Waals surface area contributed by atoms with E-state index in [-0.39, 0.29) is 12.1 Å². The van der Waals surface area contributed by atoms with Crippen LogP contribution in [0.3, 0.4) is 0 Å². The van der Waals surface area contributed by atoms with Gasteiger partial charge in [0.1, 0.15) is 0 Å². The summed E-state index contributed by atoms with van der Waals surface area (Å²) in [6.45, 7) is 5.72. The van der Waals surface area contributed by atoms with E-state index in [9.17, 15) is 4.79 Å². The van der Waals surface area contributed by atoms with E-state index >= 15 is 0 Å². The van der Waals surface area contributed by atoms with Crippen LogP contribution < -0.4 is 5.32 Å². The number of carbonyl (C=O) groups excluding carboxylic acids is 1. The van der Waals surface area contributed by atoms with Gasteiger partial charge in [-0.25, -0.2) is 4.79 Å². The predicted molar refractivity (Wildman–Crippen MR) is 115 cm³/mol. The van der Waals surface area contributed by atoms with Crippen molar-refractivity contribution in [3.63, 3.8) is 0 Å². The van der Waals surface area contributed by atoms with Gasteiger partial charge < -0.3 is 20.0 Å². The second-order valence-electron chi connectivity index (χ2n) is 8.72. The van der Waals surface area contributed by atoms with Crippen molar-refractivity contribution in [2.45, 2.75) is 44.6 Å². The fourth-order valence-corrected chi connectivity index (χ4v) is 4.66. The maximum Gasteiger partial charge on any atom is 0.317 e. The van der Waals surface area contributed by atoms with Crippen LogP contribution in [0.25, 0.3) is 0 Å². The van der Waals surface area contributed by atoms with Gasteiger partial charge >= 0.3 is 6.03 Å². The monoisotopic (exact) mass is 386 g/mol. The van der Waals surface area contributed by atoms with Crippen molar-refractivity contribution in [3.05, 3.63) is 35.9 Å². The third-order valence-electron chi connectivity index (χ3n) is 6.37. The van der Waals surface area contributed by atoms with E-state index in [0.29, 0.717) is 6.54 Å². The zero-order chi connectivity index (χ0) is 19.8. The number of rotatable bonds is 6. The van der Waals surface area contributed by atoms with Crippen LogP contribution in [-0.2, 0) is 0 Å². The van der Waals surface area contributed by atoms with E-state index in [4.69, 9.17) is 0 Å². The van der Waals surface area contributed by atoms with Crippen LogP contribution in [-0.4, -0.2) is 74.1 Å².